The van der Waals surface area contributed by atoms with Crippen molar-refractivity contribution < 1.29 is 0 Å². The van der Waals surface area contributed by atoms with E-state index in [9.17, 15) is 0 Å². The average Bonchev–Trinajstić information content (AvgIpc) is 3.05. The summed E-state index contributed by atoms with van der Waals surface area (Å²) >= 11 is 0. The van der Waals surface area contributed by atoms with E-state index in [2.05, 4.69) is 51.6 Å². The first-order valence-corrected chi connectivity index (χ1v) is 9.37. The van der Waals surface area contributed by atoms with Crippen LogP contribution in [0.15, 0.2) is 12.1 Å². The number of benzene rings is 1. The molecule has 1 aromatic carbocycles. The molecule has 2 aromatic heterocycles. The minimum Gasteiger partial charge on any atom is -0.370 e. The zero-order valence-corrected chi connectivity index (χ0v) is 15.7. The molecule has 3 heterocycles. The molecule has 0 spiro atoms. The Bertz CT molecular complexity index is 943. The van der Waals surface area contributed by atoms with Crippen molar-refractivity contribution in [1.82, 2.24) is 25.3 Å². The van der Waals surface area contributed by atoms with Crippen LogP contribution in [0, 0.1) is 20.8 Å². The predicted octanol–water partition coefficient (Wildman–Crippen LogP) is 2.97. The molecule has 0 fully saturated rings. The molecule has 1 aliphatic rings. The van der Waals surface area contributed by atoms with Gasteiger partial charge < -0.3 is 15.6 Å². The summed E-state index contributed by atoms with van der Waals surface area (Å²) in [5.74, 6) is 2.89. The van der Waals surface area contributed by atoms with Gasteiger partial charge in [0.2, 0.25) is 0 Å². The Labute approximate surface area is 153 Å². The highest BCUT2D eigenvalue weighted by Gasteiger charge is 2.16. The molecular weight excluding hydrogens is 324 g/mol. The van der Waals surface area contributed by atoms with Crippen LogP contribution < -0.4 is 10.6 Å². The molecule has 0 amide bonds. The van der Waals surface area contributed by atoms with Crippen LogP contribution >= 0.6 is 0 Å². The molecular formula is C20H26N6. The molecule has 3 aromatic rings. The van der Waals surface area contributed by atoms with Crippen molar-refractivity contribution in [2.24, 2.45) is 0 Å². The Kier molecular flexibility index (Phi) is 4.59. The topological polar surface area (TPSA) is 78.5 Å². The SMILES string of the molecule is Cc1nc2c(c(NCCCc3nc4c(C)c(C)ccc4[nH]3)n1)CCNC2. The molecule has 0 aliphatic carbocycles. The van der Waals surface area contributed by atoms with Crippen molar-refractivity contribution in [2.45, 2.75) is 46.6 Å². The third-order valence-corrected chi connectivity index (χ3v) is 5.16. The molecule has 4 rings (SSSR count). The Morgan fingerprint density at radius 1 is 1.12 bits per heavy atom. The molecule has 1 aliphatic heterocycles. The van der Waals surface area contributed by atoms with E-state index in [1.54, 1.807) is 0 Å². The number of rotatable bonds is 5. The maximum atomic E-state index is 4.78. The lowest BCUT2D eigenvalue weighted by Crippen LogP contribution is -2.27. The highest BCUT2D eigenvalue weighted by atomic mass is 15.1. The summed E-state index contributed by atoms with van der Waals surface area (Å²) in [4.78, 5) is 17.4. The van der Waals surface area contributed by atoms with E-state index in [-0.39, 0.29) is 0 Å². The number of aromatic amines is 1. The van der Waals surface area contributed by atoms with Crippen LogP contribution in [-0.4, -0.2) is 33.0 Å². The molecule has 6 heteroatoms. The Hall–Kier alpha value is -2.47. The molecule has 26 heavy (non-hydrogen) atoms. The molecule has 0 bridgehead atoms. The maximum absolute atomic E-state index is 4.78. The Morgan fingerprint density at radius 2 is 2.00 bits per heavy atom. The van der Waals surface area contributed by atoms with Gasteiger partial charge in [0.05, 0.1) is 16.7 Å². The van der Waals surface area contributed by atoms with Gasteiger partial charge in [-0.1, -0.05) is 6.07 Å². The van der Waals surface area contributed by atoms with Gasteiger partial charge in [0.15, 0.2) is 0 Å². The first-order chi connectivity index (χ1) is 12.6. The molecule has 0 radical (unpaired) electrons. The summed E-state index contributed by atoms with van der Waals surface area (Å²) in [6.07, 6.45) is 2.92. The lowest BCUT2D eigenvalue weighted by molar-refractivity contribution is 0.620. The Morgan fingerprint density at radius 3 is 2.88 bits per heavy atom. The van der Waals surface area contributed by atoms with Gasteiger partial charge in [-0.2, -0.15) is 0 Å². The lowest BCUT2D eigenvalue weighted by Gasteiger charge is -2.20. The number of aryl methyl sites for hydroxylation is 4. The van der Waals surface area contributed by atoms with E-state index in [1.165, 1.54) is 16.7 Å². The monoisotopic (exact) mass is 350 g/mol. The number of aromatic nitrogens is 4. The van der Waals surface area contributed by atoms with Crippen LogP contribution in [0.4, 0.5) is 5.82 Å². The number of nitrogens with one attached hydrogen (secondary N) is 3. The van der Waals surface area contributed by atoms with Gasteiger partial charge in [0.25, 0.3) is 0 Å². The number of hydrogen-bond acceptors (Lipinski definition) is 5. The van der Waals surface area contributed by atoms with Crippen molar-refractivity contribution in [3.63, 3.8) is 0 Å². The zero-order valence-electron chi connectivity index (χ0n) is 15.7. The largest absolute Gasteiger partial charge is 0.370 e. The molecule has 0 saturated carbocycles. The number of imidazole rings is 1. The summed E-state index contributed by atoms with van der Waals surface area (Å²) < 4.78 is 0. The highest BCUT2D eigenvalue weighted by Crippen LogP contribution is 2.21. The molecule has 0 atom stereocenters. The molecule has 0 unspecified atom stereocenters. The second-order valence-electron chi connectivity index (χ2n) is 7.09. The normalized spacial score (nSPS) is 13.8. The standard InChI is InChI=1S/C20H26N6/c1-12-6-7-16-19(13(12)2)26-18(25-16)5-4-9-22-20-15-8-10-21-11-17(15)23-14(3)24-20/h6-7,21H,4-5,8-11H2,1-3H3,(H,25,26)(H,22,23,24). The fourth-order valence-corrected chi connectivity index (χ4v) is 3.57. The fourth-order valence-electron chi connectivity index (χ4n) is 3.57. The minimum absolute atomic E-state index is 0.832. The van der Waals surface area contributed by atoms with E-state index >= 15 is 0 Å². The van der Waals surface area contributed by atoms with E-state index < -0.39 is 0 Å². The van der Waals surface area contributed by atoms with Gasteiger partial charge in [-0.15, -0.1) is 0 Å². The number of nitrogens with zero attached hydrogens (tertiary/aromatic N) is 3. The van der Waals surface area contributed by atoms with Crippen molar-refractivity contribution in [2.75, 3.05) is 18.4 Å². The quantitative estimate of drug-likeness (QED) is 0.617. The highest BCUT2D eigenvalue weighted by molar-refractivity contribution is 5.79. The summed E-state index contributed by atoms with van der Waals surface area (Å²) in [6, 6.07) is 4.27. The number of hydrogen-bond donors (Lipinski definition) is 3. The van der Waals surface area contributed by atoms with E-state index in [0.29, 0.717) is 0 Å². The lowest BCUT2D eigenvalue weighted by atomic mass is 10.1. The van der Waals surface area contributed by atoms with Gasteiger partial charge in [-0.25, -0.2) is 15.0 Å². The predicted molar refractivity (Wildman–Crippen MR) is 105 cm³/mol. The average molecular weight is 350 g/mol. The molecule has 3 N–H and O–H groups in total. The van der Waals surface area contributed by atoms with Gasteiger partial charge in [-0.3, -0.25) is 0 Å². The van der Waals surface area contributed by atoms with Crippen LogP contribution in [0.1, 0.15) is 40.5 Å². The smallest absolute Gasteiger partial charge is 0.133 e. The van der Waals surface area contributed by atoms with Crippen LogP contribution in [0.25, 0.3) is 11.0 Å². The summed E-state index contributed by atoms with van der Waals surface area (Å²) in [7, 11) is 0. The van der Waals surface area contributed by atoms with Crippen LogP contribution in [0.2, 0.25) is 0 Å². The fraction of sp³-hybridized carbons (Fsp3) is 0.450. The molecule has 136 valence electrons. The van der Waals surface area contributed by atoms with Crippen LogP contribution in [0.5, 0.6) is 0 Å². The third kappa shape index (κ3) is 3.29. The van der Waals surface area contributed by atoms with Crippen molar-refractivity contribution in [1.29, 1.82) is 0 Å². The van der Waals surface area contributed by atoms with Gasteiger partial charge >= 0.3 is 0 Å². The first-order valence-electron chi connectivity index (χ1n) is 9.37. The van der Waals surface area contributed by atoms with Crippen molar-refractivity contribution in [3.05, 3.63) is 46.2 Å². The van der Waals surface area contributed by atoms with E-state index in [4.69, 9.17) is 4.98 Å². The summed E-state index contributed by atoms with van der Waals surface area (Å²) in [5.41, 5.74) is 7.18. The van der Waals surface area contributed by atoms with E-state index in [0.717, 1.165) is 73.1 Å². The minimum atomic E-state index is 0.832. The van der Waals surface area contributed by atoms with Crippen LogP contribution in [0.3, 0.4) is 0 Å². The molecule has 0 saturated heterocycles. The summed E-state index contributed by atoms with van der Waals surface area (Å²) in [5, 5.41) is 6.89. The zero-order chi connectivity index (χ0) is 18.1. The summed E-state index contributed by atoms with van der Waals surface area (Å²) in [6.45, 7) is 8.94. The van der Waals surface area contributed by atoms with Gasteiger partial charge in [0.1, 0.15) is 17.5 Å². The van der Waals surface area contributed by atoms with E-state index in [1.807, 2.05) is 6.92 Å². The maximum Gasteiger partial charge on any atom is 0.133 e. The van der Waals surface area contributed by atoms with Crippen LogP contribution in [-0.2, 0) is 19.4 Å². The Balaban J connectivity index is 1.40. The van der Waals surface area contributed by atoms with Gasteiger partial charge in [-0.05, 0) is 57.4 Å². The third-order valence-electron chi connectivity index (χ3n) is 5.16. The van der Waals surface area contributed by atoms with Crippen molar-refractivity contribution >= 4 is 16.9 Å². The molecule has 6 nitrogen and oxygen atoms in total. The second-order valence-corrected chi connectivity index (χ2v) is 7.09. The first kappa shape index (κ1) is 17.0. The second kappa shape index (κ2) is 7.03. The van der Waals surface area contributed by atoms with Crippen molar-refractivity contribution in [3.8, 4) is 0 Å². The number of fused-ring (bicyclic) bond motifs is 2. The van der Waals surface area contributed by atoms with Gasteiger partial charge in [0, 0.05) is 25.1 Å². The number of H-pyrrole nitrogens is 1. The number of anilines is 1.